The molecule has 0 bridgehead atoms. The molecule has 1 aromatic heterocycles. The molecule has 2 aromatic rings. The monoisotopic (exact) mass is 322 g/mol. The lowest BCUT2D eigenvalue weighted by Crippen LogP contribution is -2.08. The number of benzene rings is 1. The summed E-state index contributed by atoms with van der Waals surface area (Å²) in [6.45, 7) is 3.95. The molecule has 0 amide bonds. The minimum Gasteiger partial charge on any atom is -0.395 e. The highest BCUT2D eigenvalue weighted by Gasteiger charge is 2.25. The first-order valence-corrected chi connectivity index (χ1v) is 8.48. The standard InChI is InChI=1S/C14H19N4O3P/c1-3-20-22(19,21-4-2)18-12-10-16-17-14(13(12)15)11-8-6-5-7-9-11/h5-10H,3-4H2,1-2H3,(H2,15,16)(H,17,18,19). The Kier molecular flexibility index (Phi) is 5.49. The smallest absolute Gasteiger partial charge is 0.395 e. The second-order valence-corrected chi connectivity index (χ2v) is 6.07. The Morgan fingerprint density at radius 2 is 1.82 bits per heavy atom. The number of rotatable bonds is 7. The summed E-state index contributed by atoms with van der Waals surface area (Å²) in [7, 11) is -3.48. The molecule has 8 heteroatoms. The molecule has 118 valence electrons. The fourth-order valence-electron chi connectivity index (χ4n) is 1.88. The maximum atomic E-state index is 12.5. The summed E-state index contributed by atoms with van der Waals surface area (Å²) in [6.07, 6.45) is 1.40. The van der Waals surface area contributed by atoms with Gasteiger partial charge in [-0.05, 0) is 13.8 Å². The topological polar surface area (TPSA) is 99.4 Å². The van der Waals surface area contributed by atoms with Gasteiger partial charge in [0.15, 0.2) is 0 Å². The molecule has 22 heavy (non-hydrogen) atoms. The summed E-state index contributed by atoms with van der Waals surface area (Å²) < 4.78 is 22.9. The molecular weight excluding hydrogens is 303 g/mol. The van der Waals surface area contributed by atoms with E-state index in [2.05, 4.69) is 15.3 Å². The third-order valence-corrected chi connectivity index (χ3v) is 4.50. The highest BCUT2D eigenvalue weighted by molar-refractivity contribution is 7.55. The second-order valence-electron chi connectivity index (χ2n) is 4.33. The van der Waals surface area contributed by atoms with Crippen molar-refractivity contribution in [3.05, 3.63) is 36.5 Å². The van der Waals surface area contributed by atoms with Crippen LogP contribution in [0.3, 0.4) is 0 Å². The van der Waals surface area contributed by atoms with Crippen LogP contribution in [0.2, 0.25) is 0 Å². The molecule has 0 unspecified atom stereocenters. The largest absolute Gasteiger partial charge is 0.432 e. The molecule has 0 radical (unpaired) electrons. The number of nitrogens with two attached hydrogens (primary N) is 1. The predicted molar refractivity (Wildman–Crippen MR) is 86.4 cm³/mol. The Labute approximate surface area is 129 Å². The van der Waals surface area contributed by atoms with Crippen LogP contribution in [0.4, 0.5) is 11.4 Å². The molecule has 0 aliphatic heterocycles. The van der Waals surface area contributed by atoms with Crippen molar-refractivity contribution in [3.63, 3.8) is 0 Å². The van der Waals surface area contributed by atoms with E-state index in [-0.39, 0.29) is 13.2 Å². The lowest BCUT2D eigenvalue weighted by molar-refractivity contribution is 0.225. The molecule has 0 aliphatic carbocycles. The van der Waals surface area contributed by atoms with Gasteiger partial charge in [0.1, 0.15) is 5.69 Å². The lowest BCUT2D eigenvalue weighted by Gasteiger charge is -2.19. The van der Waals surface area contributed by atoms with Gasteiger partial charge >= 0.3 is 7.75 Å². The van der Waals surface area contributed by atoms with Crippen LogP contribution in [0.15, 0.2) is 36.5 Å². The number of hydrogen-bond acceptors (Lipinski definition) is 6. The number of anilines is 2. The molecule has 1 heterocycles. The highest BCUT2D eigenvalue weighted by atomic mass is 31.2. The first kappa shape index (κ1) is 16.4. The number of aromatic nitrogens is 2. The quantitative estimate of drug-likeness (QED) is 0.754. The Morgan fingerprint density at radius 3 is 2.41 bits per heavy atom. The summed E-state index contributed by atoms with van der Waals surface area (Å²) in [5.41, 5.74) is 8.14. The third kappa shape index (κ3) is 3.82. The Hall–Kier alpha value is -1.95. The minimum absolute atomic E-state index is 0.244. The van der Waals surface area contributed by atoms with Crippen LogP contribution in [0.1, 0.15) is 13.8 Å². The van der Waals surface area contributed by atoms with Crippen LogP contribution in [-0.4, -0.2) is 23.4 Å². The molecule has 0 aliphatic rings. The summed E-state index contributed by atoms with van der Waals surface area (Å²) in [5.74, 6) is 0. The molecule has 2 rings (SSSR count). The molecule has 0 fully saturated rings. The van der Waals surface area contributed by atoms with Gasteiger partial charge in [-0.25, -0.2) is 4.57 Å². The fourth-order valence-corrected chi connectivity index (χ4v) is 3.24. The molecule has 7 nitrogen and oxygen atoms in total. The number of nitrogen functional groups attached to an aromatic ring is 1. The van der Waals surface area contributed by atoms with Gasteiger partial charge in [-0.15, -0.1) is 5.10 Å². The van der Waals surface area contributed by atoms with Crippen molar-refractivity contribution in [1.82, 2.24) is 10.2 Å². The minimum atomic E-state index is -3.48. The zero-order valence-corrected chi connectivity index (χ0v) is 13.4. The second kappa shape index (κ2) is 7.35. The van der Waals surface area contributed by atoms with E-state index in [4.69, 9.17) is 14.8 Å². The van der Waals surface area contributed by atoms with Gasteiger partial charge in [0.25, 0.3) is 0 Å². The number of nitrogens with one attached hydrogen (secondary N) is 1. The van der Waals surface area contributed by atoms with Crippen LogP contribution in [0.5, 0.6) is 0 Å². The maximum absolute atomic E-state index is 12.5. The summed E-state index contributed by atoms with van der Waals surface area (Å²) in [6, 6.07) is 9.39. The van der Waals surface area contributed by atoms with Crippen LogP contribution < -0.4 is 10.8 Å². The van der Waals surface area contributed by atoms with Crippen molar-refractivity contribution in [2.45, 2.75) is 13.8 Å². The van der Waals surface area contributed by atoms with Crippen LogP contribution in [0, 0.1) is 0 Å². The average molecular weight is 322 g/mol. The summed E-state index contributed by atoms with van der Waals surface area (Å²) in [4.78, 5) is 0. The first-order chi connectivity index (χ1) is 10.6. The van der Waals surface area contributed by atoms with E-state index in [1.807, 2.05) is 30.3 Å². The molecule has 0 saturated carbocycles. The summed E-state index contributed by atoms with van der Waals surface area (Å²) in [5, 5.41) is 10.7. The average Bonchev–Trinajstić information content (AvgIpc) is 2.51. The van der Waals surface area contributed by atoms with Gasteiger partial charge in [-0.1, -0.05) is 30.3 Å². The van der Waals surface area contributed by atoms with Crippen molar-refractivity contribution >= 4 is 19.1 Å². The van der Waals surface area contributed by atoms with E-state index in [0.717, 1.165) is 5.56 Å². The van der Waals surface area contributed by atoms with Gasteiger partial charge in [-0.2, -0.15) is 5.10 Å². The molecular formula is C14H19N4O3P. The molecule has 0 saturated heterocycles. The van der Waals surface area contributed by atoms with E-state index in [9.17, 15) is 4.57 Å². The van der Waals surface area contributed by atoms with Crippen molar-refractivity contribution in [2.24, 2.45) is 0 Å². The van der Waals surface area contributed by atoms with Gasteiger partial charge in [0.05, 0.1) is 30.8 Å². The normalized spacial score (nSPS) is 11.4. The SMILES string of the molecule is CCOP(=O)(Nc1cnnc(-c2ccccc2)c1N)OCC. The van der Waals surface area contributed by atoms with Crippen molar-refractivity contribution < 1.29 is 13.6 Å². The molecule has 3 N–H and O–H groups in total. The molecule has 0 spiro atoms. The van der Waals surface area contributed by atoms with E-state index in [1.54, 1.807) is 13.8 Å². The predicted octanol–water partition coefficient (Wildman–Crippen LogP) is 3.32. The van der Waals surface area contributed by atoms with E-state index < -0.39 is 7.75 Å². The number of nitrogens with zero attached hydrogens (tertiary/aromatic N) is 2. The fraction of sp³-hybridized carbons (Fsp3) is 0.286. The van der Waals surface area contributed by atoms with Crippen molar-refractivity contribution in [2.75, 3.05) is 24.0 Å². The summed E-state index contributed by atoms with van der Waals surface area (Å²) >= 11 is 0. The zero-order valence-electron chi connectivity index (χ0n) is 12.5. The van der Waals surface area contributed by atoms with Crippen LogP contribution in [-0.2, 0) is 13.6 Å². The maximum Gasteiger partial charge on any atom is 0.432 e. The van der Waals surface area contributed by atoms with E-state index in [0.29, 0.717) is 17.1 Å². The van der Waals surface area contributed by atoms with Gasteiger partial charge in [0.2, 0.25) is 0 Å². The van der Waals surface area contributed by atoms with Gasteiger partial charge in [-0.3, -0.25) is 14.1 Å². The third-order valence-electron chi connectivity index (χ3n) is 2.79. The van der Waals surface area contributed by atoms with E-state index >= 15 is 0 Å². The Balaban J connectivity index is 2.35. The molecule has 0 atom stereocenters. The van der Waals surface area contributed by atoms with Crippen molar-refractivity contribution in [1.29, 1.82) is 0 Å². The zero-order chi connectivity index (χ0) is 16.0. The van der Waals surface area contributed by atoms with Gasteiger partial charge < -0.3 is 5.73 Å². The first-order valence-electron chi connectivity index (χ1n) is 6.93. The van der Waals surface area contributed by atoms with E-state index in [1.165, 1.54) is 6.20 Å². The molecule has 1 aromatic carbocycles. The number of hydrogen-bond donors (Lipinski definition) is 2. The van der Waals surface area contributed by atoms with Crippen LogP contribution in [0.25, 0.3) is 11.3 Å². The van der Waals surface area contributed by atoms with Crippen LogP contribution >= 0.6 is 7.75 Å². The Bertz CT molecular complexity index is 656. The lowest BCUT2D eigenvalue weighted by atomic mass is 10.1. The Morgan fingerprint density at radius 1 is 1.18 bits per heavy atom. The van der Waals surface area contributed by atoms with Gasteiger partial charge in [0, 0.05) is 5.56 Å². The highest BCUT2D eigenvalue weighted by Crippen LogP contribution is 2.49. The van der Waals surface area contributed by atoms with Crippen molar-refractivity contribution in [3.8, 4) is 11.3 Å².